The van der Waals surface area contributed by atoms with Crippen LogP contribution in [0.2, 0.25) is 0 Å². The third kappa shape index (κ3) is 4.72. The fraction of sp³-hybridized carbons (Fsp3) is 0.909. The van der Waals surface area contributed by atoms with Crippen molar-refractivity contribution >= 4 is 6.21 Å². The molecule has 0 saturated carbocycles. The third-order valence-corrected chi connectivity index (χ3v) is 2.38. The number of hydrogen-bond donors (Lipinski definition) is 2. The van der Waals surface area contributed by atoms with Gasteiger partial charge in [-0.15, -0.1) is 0 Å². The SMILES string of the molecule is CC.CNC1CC(C)OC(CC=N)C1. The fourth-order valence-electron chi connectivity index (χ4n) is 1.77. The van der Waals surface area contributed by atoms with E-state index < -0.39 is 0 Å². The zero-order valence-electron chi connectivity index (χ0n) is 9.84. The molecule has 3 unspecified atom stereocenters. The molecule has 1 saturated heterocycles. The molecule has 3 nitrogen and oxygen atoms in total. The third-order valence-electron chi connectivity index (χ3n) is 2.38. The van der Waals surface area contributed by atoms with Gasteiger partial charge in [-0.2, -0.15) is 0 Å². The van der Waals surface area contributed by atoms with Crippen molar-refractivity contribution in [2.24, 2.45) is 0 Å². The number of ether oxygens (including phenoxy) is 1. The van der Waals surface area contributed by atoms with Gasteiger partial charge in [-0.3, -0.25) is 0 Å². The summed E-state index contributed by atoms with van der Waals surface area (Å²) in [5.74, 6) is 0. The van der Waals surface area contributed by atoms with Crippen LogP contribution in [0.3, 0.4) is 0 Å². The lowest BCUT2D eigenvalue weighted by atomic mass is 9.98. The molecule has 1 heterocycles. The molecule has 1 aliphatic heterocycles. The summed E-state index contributed by atoms with van der Waals surface area (Å²) >= 11 is 0. The van der Waals surface area contributed by atoms with Crippen LogP contribution >= 0.6 is 0 Å². The number of hydrogen-bond acceptors (Lipinski definition) is 3. The molecule has 0 aromatic rings. The van der Waals surface area contributed by atoms with Crippen molar-refractivity contribution in [1.29, 1.82) is 5.41 Å². The van der Waals surface area contributed by atoms with Crippen LogP contribution in [-0.2, 0) is 4.74 Å². The van der Waals surface area contributed by atoms with Crippen LogP contribution in [0.1, 0.15) is 40.0 Å². The zero-order chi connectivity index (χ0) is 11.0. The highest BCUT2D eigenvalue weighted by Gasteiger charge is 2.24. The Bertz CT molecular complexity index is 150. The normalized spacial score (nSPS) is 31.6. The minimum Gasteiger partial charge on any atom is -0.375 e. The van der Waals surface area contributed by atoms with Gasteiger partial charge in [0.1, 0.15) is 0 Å². The lowest BCUT2D eigenvalue weighted by Crippen LogP contribution is -2.40. The summed E-state index contributed by atoms with van der Waals surface area (Å²) in [5, 5.41) is 10.3. The minimum atomic E-state index is 0.253. The van der Waals surface area contributed by atoms with E-state index in [1.165, 1.54) is 6.21 Å². The summed E-state index contributed by atoms with van der Waals surface area (Å²) in [6, 6.07) is 0.568. The van der Waals surface area contributed by atoms with E-state index in [1.54, 1.807) is 0 Å². The van der Waals surface area contributed by atoms with Gasteiger partial charge in [-0.25, -0.2) is 0 Å². The lowest BCUT2D eigenvalue weighted by molar-refractivity contribution is -0.0463. The van der Waals surface area contributed by atoms with Crippen molar-refractivity contribution in [2.45, 2.75) is 58.3 Å². The van der Waals surface area contributed by atoms with Crippen LogP contribution in [0.5, 0.6) is 0 Å². The molecule has 3 atom stereocenters. The Labute approximate surface area is 87.7 Å². The number of nitrogens with one attached hydrogen (secondary N) is 2. The van der Waals surface area contributed by atoms with E-state index in [9.17, 15) is 0 Å². The van der Waals surface area contributed by atoms with Crippen molar-refractivity contribution in [2.75, 3.05) is 7.05 Å². The highest BCUT2D eigenvalue weighted by atomic mass is 16.5. The Morgan fingerprint density at radius 3 is 2.57 bits per heavy atom. The molecule has 2 N–H and O–H groups in total. The fourth-order valence-corrected chi connectivity index (χ4v) is 1.77. The molecule has 0 aromatic carbocycles. The van der Waals surface area contributed by atoms with Crippen molar-refractivity contribution in [1.82, 2.24) is 5.32 Å². The first kappa shape index (κ1) is 13.6. The number of rotatable bonds is 3. The van der Waals surface area contributed by atoms with Gasteiger partial charge < -0.3 is 15.5 Å². The summed E-state index contributed by atoms with van der Waals surface area (Å²) in [4.78, 5) is 0. The van der Waals surface area contributed by atoms with Gasteiger partial charge in [0.25, 0.3) is 0 Å². The Balaban J connectivity index is 0.000000791. The highest BCUT2D eigenvalue weighted by molar-refractivity contribution is 5.53. The molecule has 14 heavy (non-hydrogen) atoms. The molecular weight excluding hydrogens is 176 g/mol. The predicted octanol–water partition coefficient (Wildman–Crippen LogP) is 2.21. The van der Waals surface area contributed by atoms with Crippen molar-refractivity contribution in [3.63, 3.8) is 0 Å². The highest BCUT2D eigenvalue weighted by Crippen LogP contribution is 2.20. The van der Waals surface area contributed by atoms with Gasteiger partial charge in [0, 0.05) is 12.5 Å². The summed E-state index contributed by atoms with van der Waals surface area (Å²) in [6.07, 6.45) is 4.91. The van der Waals surface area contributed by atoms with E-state index in [0.717, 1.165) is 19.3 Å². The quantitative estimate of drug-likeness (QED) is 0.686. The van der Waals surface area contributed by atoms with Crippen LogP contribution < -0.4 is 5.32 Å². The Morgan fingerprint density at radius 1 is 1.43 bits per heavy atom. The molecule has 1 fully saturated rings. The molecule has 0 aromatic heterocycles. The van der Waals surface area contributed by atoms with Crippen molar-refractivity contribution < 1.29 is 4.74 Å². The van der Waals surface area contributed by atoms with Gasteiger partial charge in [0.05, 0.1) is 12.2 Å². The van der Waals surface area contributed by atoms with E-state index in [2.05, 4.69) is 12.2 Å². The van der Waals surface area contributed by atoms with Gasteiger partial charge in [-0.1, -0.05) is 13.8 Å². The zero-order valence-corrected chi connectivity index (χ0v) is 9.84. The standard InChI is InChI=1S/C9H18N2O.C2H6/c1-7-5-8(11-2)6-9(12-7)3-4-10;1-2/h4,7-11H,3,5-6H2,1-2H3;1-2H3. The molecule has 0 radical (unpaired) electrons. The predicted molar refractivity (Wildman–Crippen MR) is 61.2 cm³/mol. The average molecular weight is 200 g/mol. The van der Waals surface area contributed by atoms with Crippen molar-refractivity contribution in [3.05, 3.63) is 0 Å². The maximum atomic E-state index is 7.00. The summed E-state index contributed by atoms with van der Waals surface area (Å²) < 4.78 is 5.67. The molecule has 3 heteroatoms. The Morgan fingerprint density at radius 2 is 2.07 bits per heavy atom. The second-order valence-electron chi connectivity index (χ2n) is 3.47. The molecule has 0 aliphatic carbocycles. The second-order valence-corrected chi connectivity index (χ2v) is 3.47. The Hall–Kier alpha value is -0.410. The first-order chi connectivity index (χ1) is 6.76. The second kappa shape index (κ2) is 7.94. The van der Waals surface area contributed by atoms with E-state index >= 15 is 0 Å². The topological polar surface area (TPSA) is 45.1 Å². The average Bonchev–Trinajstić information content (AvgIpc) is 2.20. The molecule has 84 valence electrons. The van der Waals surface area contributed by atoms with Gasteiger partial charge in [-0.05, 0) is 33.0 Å². The monoisotopic (exact) mass is 200 g/mol. The first-order valence-electron chi connectivity index (χ1n) is 5.58. The summed E-state index contributed by atoms with van der Waals surface area (Å²) in [5.41, 5.74) is 0. The molecule has 1 aliphatic rings. The van der Waals surface area contributed by atoms with Crippen LogP contribution in [0.25, 0.3) is 0 Å². The van der Waals surface area contributed by atoms with Crippen LogP contribution in [0.4, 0.5) is 0 Å². The molecular formula is C11H24N2O. The smallest absolute Gasteiger partial charge is 0.0642 e. The molecule has 1 rings (SSSR count). The van der Waals surface area contributed by atoms with Gasteiger partial charge >= 0.3 is 0 Å². The van der Waals surface area contributed by atoms with Crippen LogP contribution in [-0.4, -0.2) is 31.5 Å². The first-order valence-corrected chi connectivity index (χ1v) is 5.58. The minimum absolute atomic E-state index is 0.253. The van der Waals surface area contributed by atoms with Crippen LogP contribution in [0.15, 0.2) is 0 Å². The van der Waals surface area contributed by atoms with Crippen LogP contribution in [0, 0.1) is 5.41 Å². The Kier molecular flexibility index (Phi) is 7.71. The molecule has 0 spiro atoms. The van der Waals surface area contributed by atoms with Crippen molar-refractivity contribution in [3.8, 4) is 0 Å². The maximum Gasteiger partial charge on any atom is 0.0642 e. The largest absolute Gasteiger partial charge is 0.375 e. The summed E-state index contributed by atoms with van der Waals surface area (Å²) in [7, 11) is 1.99. The summed E-state index contributed by atoms with van der Waals surface area (Å²) in [6.45, 7) is 6.10. The van der Waals surface area contributed by atoms with E-state index in [4.69, 9.17) is 10.1 Å². The van der Waals surface area contributed by atoms with E-state index in [1.807, 2.05) is 20.9 Å². The van der Waals surface area contributed by atoms with Gasteiger partial charge in [0.2, 0.25) is 0 Å². The lowest BCUT2D eigenvalue weighted by Gasteiger charge is -2.33. The van der Waals surface area contributed by atoms with Gasteiger partial charge in [0.15, 0.2) is 0 Å². The van der Waals surface area contributed by atoms with E-state index in [-0.39, 0.29) is 6.10 Å². The molecule has 0 amide bonds. The molecule has 0 bridgehead atoms. The maximum absolute atomic E-state index is 7.00. The van der Waals surface area contributed by atoms with E-state index in [0.29, 0.717) is 12.1 Å².